The number of fused-ring (bicyclic) bond motifs is 7. The summed E-state index contributed by atoms with van der Waals surface area (Å²) in [6.45, 7) is 0. The number of anilines is 3. The van der Waals surface area contributed by atoms with Crippen molar-refractivity contribution in [3.8, 4) is 27.9 Å². The summed E-state index contributed by atoms with van der Waals surface area (Å²) in [6.07, 6.45) is 0. The van der Waals surface area contributed by atoms with Crippen molar-refractivity contribution in [2.75, 3.05) is 4.90 Å². The molecule has 3 heteroatoms. The third-order valence-corrected chi connectivity index (χ3v) is 10.9. The Kier molecular flexibility index (Phi) is 7.17. The van der Waals surface area contributed by atoms with Gasteiger partial charge in [0.25, 0.3) is 0 Å². The Morgan fingerprint density at radius 2 is 0.945 bits per heavy atom. The number of furan rings is 1. The number of hydrogen-bond donors (Lipinski definition) is 0. The topological polar surface area (TPSA) is 21.3 Å². The first-order chi connectivity index (χ1) is 27.3. The maximum Gasteiger partial charge on any atom is 0.137 e. The Bertz CT molecular complexity index is 3190. The highest BCUT2D eigenvalue weighted by Gasteiger charge is 2.24. The molecule has 0 fully saturated rings. The molecule has 3 nitrogen and oxygen atoms in total. The first-order valence-electron chi connectivity index (χ1n) is 18.8. The summed E-state index contributed by atoms with van der Waals surface area (Å²) in [7, 11) is 0. The van der Waals surface area contributed by atoms with Crippen LogP contribution in [0.2, 0.25) is 0 Å². The Balaban J connectivity index is 1.17. The second-order valence-corrected chi connectivity index (χ2v) is 14.1. The minimum absolute atomic E-state index is 0.862. The van der Waals surface area contributed by atoms with Gasteiger partial charge in [0, 0.05) is 27.5 Å². The molecule has 0 amide bonds. The Hall–Kier alpha value is -7.36. The average molecular weight is 703 g/mol. The van der Waals surface area contributed by atoms with Crippen LogP contribution < -0.4 is 4.90 Å². The van der Waals surface area contributed by atoms with Gasteiger partial charge in [0.2, 0.25) is 0 Å². The zero-order valence-corrected chi connectivity index (χ0v) is 29.9. The summed E-state index contributed by atoms with van der Waals surface area (Å²) in [4.78, 5) is 2.43. The van der Waals surface area contributed by atoms with Crippen molar-refractivity contribution in [1.29, 1.82) is 0 Å². The first-order valence-corrected chi connectivity index (χ1v) is 18.8. The summed E-state index contributed by atoms with van der Waals surface area (Å²) in [5.74, 6) is 0. The number of aromatic nitrogens is 1. The summed E-state index contributed by atoms with van der Waals surface area (Å²) in [5.41, 5.74) is 13.2. The van der Waals surface area contributed by atoms with Crippen LogP contribution >= 0.6 is 0 Å². The summed E-state index contributed by atoms with van der Waals surface area (Å²) in [6, 6.07) is 73.9. The monoisotopic (exact) mass is 702 g/mol. The van der Waals surface area contributed by atoms with Crippen molar-refractivity contribution in [2.24, 2.45) is 0 Å². The number of nitrogens with zero attached hydrogens (tertiary/aromatic N) is 2. The fourth-order valence-electron chi connectivity index (χ4n) is 8.44. The molecular weight excluding hydrogens is 669 g/mol. The van der Waals surface area contributed by atoms with E-state index in [1.807, 2.05) is 0 Å². The molecule has 0 N–H and O–H groups in total. The van der Waals surface area contributed by atoms with Crippen LogP contribution in [0.3, 0.4) is 0 Å². The van der Waals surface area contributed by atoms with Gasteiger partial charge in [-0.25, -0.2) is 0 Å². The van der Waals surface area contributed by atoms with Gasteiger partial charge in [0.05, 0.1) is 27.8 Å². The third kappa shape index (κ3) is 5.13. The average Bonchev–Trinajstić information content (AvgIpc) is 3.80. The van der Waals surface area contributed by atoms with E-state index in [1.165, 1.54) is 43.9 Å². The highest BCUT2D eigenvalue weighted by molar-refractivity contribution is 6.20. The molecule has 11 aromatic rings. The zero-order valence-electron chi connectivity index (χ0n) is 29.9. The van der Waals surface area contributed by atoms with Gasteiger partial charge < -0.3 is 13.9 Å². The van der Waals surface area contributed by atoms with Crippen LogP contribution in [0.25, 0.3) is 82.5 Å². The lowest BCUT2D eigenvalue weighted by Gasteiger charge is -2.27. The van der Waals surface area contributed by atoms with Crippen LogP contribution in [-0.2, 0) is 0 Å². The molecule has 2 aromatic heterocycles. The van der Waals surface area contributed by atoms with Gasteiger partial charge in [-0.05, 0) is 106 Å². The predicted molar refractivity (Wildman–Crippen MR) is 231 cm³/mol. The highest BCUT2D eigenvalue weighted by atomic mass is 16.3. The molecule has 0 atom stereocenters. The van der Waals surface area contributed by atoms with E-state index in [0.29, 0.717) is 0 Å². The van der Waals surface area contributed by atoms with E-state index in [-0.39, 0.29) is 0 Å². The van der Waals surface area contributed by atoms with Gasteiger partial charge in [-0.2, -0.15) is 0 Å². The first kappa shape index (κ1) is 31.2. The van der Waals surface area contributed by atoms with E-state index in [1.54, 1.807) is 0 Å². The van der Waals surface area contributed by atoms with Crippen LogP contribution in [0.15, 0.2) is 211 Å². The molecule has 258 valence electrons. The van der Waals surface area contributed by atoms with Crippen molar-refractivity contribution in [3.63, 3.8) is 0 Å². The number of rotatable bonds is 6. The van der Waals surface area contributed by atoms with Crippen molar-refractivity contribution in [3.05, 3.63) is 206 Å². The molecule has 11 rings (SSSR count). The largest absolute Gasteiger partial charge is 0.456 e. The summed E-state index contributed by atoms with van der Waals surface area (Å²) < 4.78 is 9.02. The lowest BCUT2D eigenvalue weighted by Crippen LogP contribution is -2.11. The van der Waals surface area contributed by atoms with Crippen molar-refractivity contribution >= 4 is 71.6 Å². The summed E-state index contributed by atoms with van der Waals surface area (Å²) in [5, 5.41) is 6.93. The molecule has 0 aliphatic heterocycles. The van der Waals surface area contributed by atoms with Gasteiger partial charge in [0.1, 0.15) is 11.2 Å². The Morgan fingerprint density at radius 3 is 1.73 bits per heavy atom. The number of hydrogen-bond acceptors (Lipinski definition) is 2. The molecule has 0 saturated carbocycles. The molecule has 0 radical (unpaired) electrons. The van der Waals surface area contributed by atoms with E-state index in [9.17, 15) is 0 Å². The van der Waals surface area contributed by atoms with Gasteiger partial charge >= 0.3 is 0 Å². The van der Waals surface area contributed by atoms with Crippen molar-refractivity contribution in [1.82, 2.24) is 4.57 Å². The second-order valence-electron chi connectivity index (χ2n) is 14.1. The predicted octanol–water partition coefficient (Wildman–Crippen LogP) is 14.6. The molecule has 0 unspecified atom stereocenters. The molecule has 9 aromatic carbocycles. The van der Waals surface area contributed by atoms with Crippen molar-refractivity contribution in [2.45, 2.75) is 0 Å². The SMILES string of the molecule is c1ccc(-c2cccc(-c3ccc(N(c4cccc5oc6cc7ccccc7cc6c45)c4cccc5c4c4ccccc4n5-c4ccccc4)cc3)c2)cc1. The minimum atomic E-state index is 0.862. The lowest BCUT2D eigenvalue weighted by atomic mass is 9.98. The maximum absolute atomic E-state index is 6.64. The molecule has 0 bridgehead atoms. The van der Waals surface area contributed by atoms with Crippen LogP contribution in [0, 0.1) is 0 Å². The standard InChI is InChI=1S/C52H34N2O/c1-3-14-35(15-4-1)37-18-11-19-38(32-37)36-28-30-42(31-29-36)54(48-26-13-27-49-52(48)44-33-39-16-7-8-17-40(39)34-50(44)55-49)47-25-12-24-46-51(47)43-22-9-10-23-45(43)53(46)41-20-5-2-6-21-41/h1-34H. The molecule has 0 saturated heterocycles. The van der Waals surface area contributed by atoms with Crippen LogP contribution in [-0.4, -0.2) is 4.57 Å². The Labute approximate surface area is 318 Å². The van der Waals surface area contributed by atoms with Crippen LogP contribution in [0.5, 0.6) is 0 Å². The number of benzene rings is 9. The molecule has 0 spiro atoms. The normalized spacial score (nSPS) is 11.6. The van der Waals surface area contributed by atoms with Gasteiger partial charge in [-0.1, -0.05) is 133 Å². The molecule has 2 heterocycles. The quantitative estimate of drug-likeness (QED) is 0.172. The summed E-state index contributed by atoms with van der Waals surface area (Å²) >= 11 is 0. The number of para-hydroxylation sites is 2. The zero-order chi connectivity index (χ0) is 36.3. The van der Waals surface area contributed by atoms with E-state index < -0.39 is 0 Å². The van der Waals surface area contributed by atoms with Gasteiger partial charge in [0.15, 0.2) is 0 Å². The van der Waals surface area contributed by atoms with Crippen LogP contribution in [0.4, 0.5) is 17.1 Å². The minimum Gasteiger partial charge on any atom is -0.456 e. The maximum atomic E-state index is 6.64. The smallest absolute Gasteiger partial charge is 0.137 e. The lowest BCUT2D eigenvalue weighted by molar-refractivity contribution is 0.669. The molecule has 0 aliphatic rings. The molecular formula is C52H34N2O. The van der Waals surface area contributed by atoms with Crippen molar-refractivity contribution < 1.29 is 4.42 Å². The molecule has 55 heavy (non-hydrogen) atoms. The van der Waals surface area contributed by atoms with E-state index >= 15 is 0 Å². The van der Waals surface area contributed by atoms with Gasteiger partial charge in [-0.15, -0.1) is 0 Å². The van der Waals surface area contributed by atoms with E-state index in [2.05, 4.69) is 216 Å². The van der Waals surface area contributed by atoms with Crippen LogP contribution in [0.1, 0.15) is 0 Å². The van der Waals surface area contributed by atoms with E-state index in [4.69, 9.17) is 4.42 Å². The fraction of sp³-hybridized carbons (Fsp3) is 0. The van der Waals surface area contributed by atoms with Gasteiger partial charge in [-0.3, -0.25) is 0 Å². The fourth-order valence-corrected chi connectivity index (χ4v) is 8.44. The highest BCUT2D eigenvalue weighted by Crippen LogP contribution is 2.48. The Morgan fingerprint density at radius 1 is 0.364 bits per heavy atom. The second kappa shape index (κ2) is 12.6. The van der Waals surface area contributed by atoms with E-state index in [0.717, 1.165) is 55.6 Å². The third-order valence-electron chi connectivity index (χ3n) is 10.9. The molecule has 0 aliphatic carbocycles.